The minimum Gasteiger partial charge on any atom is -0.456 e. The van der Waals surface area contributed by atoms with Gasteiger partial charge < -0.3 is 15.4 Å². The average Bonchev–Trinajstić information content (AvgIpc) is 2.70. The predicted octanol–water partition coefficient (Wildman–Crippen LogP) is 2.20. The Kier molecular flexibility index (Phi) is 8.11. The third kappa shape index (κ3) is 6.85. The number of carbonyl (C=O) groups is 3. The van der Waals surface area contributed by atoms with Crippen LogP contribution in [0.2, 0.25) is 0 Å². The van der Waals surface area contributed by atoms with Crippen LogP contribution in [0.4, 0.5) is 5.69 Å². The van der Waals surface area contributed by atoms with E-state index in [1.807, 2.05) is 0 Å². The molecule has 2 rings (SSSR count). The second kappa shape index (κ2) is 10.5. The largest absolute Gasteiger partial charge is 0.456 e. The molecule has 0 radical (unpaired) electrons. The van der Waals surface area contributed by atoms with E-state index in [0.29, 0.717) is 11.8 Å². The normalized spacial score (nSPS) is 21.1. The van der Waals surface area contributed by atoms with Gasteiger partial charge in [-0.25, -0.2) is 0 Å². The van der Waals surface area contributed by atoms with E-state index < -0.39 is 16.8 Å². The maximum absolute atomic E-state index is 12.0. The van der Waals surface area contributed by atoms with Crippen LogP contribution >= 0.6 is 0 Å². The zero-order valence-corrected chi connectivity index (χ0v) is 16.7. The van der Waals surface area contributed by atoms with Crippen molar-refractivity contribution in [3.63, 3.8) is 0 Å². The molecular weight excluding hydrogens is 378 g/mol. The number of non-ortho nitro benzene ring substituents is 1. The van der Waals surface area contributed by atoms with Crippen molar-refractivity contribution < 1.29 is 24.0 Å². The maximum Gasteiger partial charge on any atom is 0.308 e. The molecule has 0 aliphatic heterocycles. The number of nitro groups is 1. The van der Waals surface area contributed by atoms with Gasteiger partial charge in [0.25, 0.3) is 17.5 Å². The van der Waals surface area contributed by atoms with Gasteiger partial charge in [0.2, 0.25) is 0 Å². The number of nitro benzene ring substituents is 1. The van der Waals surface area contributed by atoms with Crippen molar-refractivity contribution in [3.8, 4) is 0 Å². The van der Waals surface area contributed by atoms with Gasteiger partial charge in [0.05, 0.1) is 11.3 Å². The van der Waals surface area contributed by atoms with E-state index >= 15 is 0 Å². The molecule has 0 unspecified atom stereocenters. The summed E-state index contributed by atoms with van der Waals surface area (Å²) in [5.74, 6) is -0.423. The van der Waals surface area contributed by atoms with Gasteiger partial charge in [-0.3, -0.25) is 24.5 Å². The highest BCUT2D eigenvalue weighted by Crippen LogP contribution is 2.29. The Morgan fingerprint density at radius 1 is 1.17 bits per heavy atom. The standard InChI is InChI=1S/C20H27N3O6/c1-13-4-3-5-17(14(13)2)22-18(24)12-29-19(25)10-11-21-20(26)15-6-8-16(9-7-15)23(27)28/h6-9,13-14,17H,3-5,10-12H2,1-2H3,(H,21,26)(H,22,24)/t13-,14+,17-/m0/s1. The van der Waals surface area contributed by atoms with Gasteiger partial charge in [-0.2, -0.15) is 0 Å². The Hall–Kier alpha value is -2.97. The Bertz CT molecular complexity index is 749. The number of carbonyl (C=O) groups excluding carboxylic acids is 3. The van der Waals surface area contributed by atoms with Crippen molar-refractivity contribution in [2.24, 2.45) is 11.8 Å². The van der Waals surface area contributed by atoms with Gasteiger partial charge in [0.15, 0.2) is 6.61 Å². The van der Waals surface area contributed by atoms with Crippen molar-refractivity contribution in [1.82, 2.24) is 10.6 Å². The summed E-state index contributed by atoms with van der Waals surface area (Å²) >= 11 is 0. The molecule has 0 heterocycles. The molecule has 2 amide bonds. The van der Waals surface area contributed by atoms with Crippen LogP contribution < -0.4 is 10.6 Å². The summed E-state index contributed by atoms with van der Waals surface area (Å²) < 4.78 is 4.96. The summed E-state index contributed by atoms with van der Waals surface area (Å²) in [4.78, 5) is 45.8. The number of benzene rings is 1. The van der Waals surface area contributed by atoms with Crippen LogP contribution in [0.15, 0.2) is 24.3 Å². The SMILES string of the molecule is C[C@H]1[C@@H](NC(=O)COC(=O)CCNC(=O)c2ccc([N+](=O)[O-])cc2)CCC[C@@H]1C. The van der Waals surface area contributed by atoms with E-state index in [1.165, 1.54) is 24.3 Å². The molecule has 158 valence electrons. The lowest BCUT2D eigenvalue weighted by atomic mass is 9.78. The number of nitrogens with zero attached hydrogens (tertiary/aromatic N) is 1. The van der Waals surface area contributed by atoms with Crippen LogP contribution in [0.25, 0.3) is 0 Å². The van der Waals surface area contributed by atoms with Crippen LogP contribution in [-0.2, 0) is 14.3 Å². The van der Waals surface area contributed by atoms with Crippen LogP contribution in [0, 0.1) is 22.0 Å². The molecule has 0 aromatic heterocycles. The summed E-state index contributed by atoms with van der Waals surface area (Å²) in [7, 11) is 0. The van der Waals surface area contributed by atoms with Crippen LogP contribution in [0.1, 0.15) is 49.9 Å². The minimum absolute atomic E-state index is 0.0352. The second-order valence-corrected chi connectivity index (χ2v) is 7.41. The van der Waals surface area contributed by atoms with Gasteiger partial charge in [-0.05, 0) is 30.4 Å². The van der Waals surface area contributed by atoms with Crippen molar-refractivity contribution >= 4 is 23.5 Å². The molecule has 0 spiro atoms. The summed E-state index contributed by atoms with van der Waals surface area (Å²) in [6, 6.07) is 5.24. The first kappa shape index (κ1) is 22.3. The van der Waals surface area contributed by atoms with Gasteiger partial charge >= 0.3 is 5.97 Å². The molecule has 1 saturated carbocycles. The van der Waals surface area contributed by atoms with Gasteiger partial charge in [-0.15, -0.1) is 0 Å². The van der Waals surface area contributed by atoms with Crippen LogP contribution in [0.5, 0.6) is 0 Å². The number of nitrogens with one attached hydrogen (secondary N) is 2. The summed E-state index contributed by atoms with van der Waals surface area (Å²) in [6.45, 7) is 3.99. The van der Waals surface area contributed by atoms with Gasteiger partial charge in [0.1, 0.15) is 0 Å². The van der Waals surface area contributed by atoms with Crippen molar-refractivity contribution in [1.29, 1.82) is 0 Å². The van der Waals surface area contributed by atoms with Gasteiger partial charge in [-0.1, -0.05) is 26.7 Å². The molecule has 2 N–H and O–H groups in total. The van der Waals surface area contributed by atoms with Crippen LogP contribution in [-0.4, -0.2) is 41.9 Å². The molecule has 0 saturated heterocycles. The monoisotopic (exact) mass is 405 g/mol. The van der Waals surface area contributed by atoms with Crippen molar-refractivity contribution in [2.75, 3.05) is 13.2 Å². The molecule has 1 aliphatic carbocycles. The third-order valence-corrected chi connectivity index (χ3v) is 5.37. The first-order chi connectivity index (χ1) is 13.8. The van der Waals surface area contributed by atoms with Crippen LogP contribution in [0.3, 0.4) is 0 Å². The first-order valence-corrected chi connectivity index (χ1v) is 9.75. The number of hydrogen-bond donors (Lipinski definition) is 2. The molecular formula is C20H27N3O6. The summed E-state index contributed by atoms with van der Waals surface area (Å²) in [5.41, 5.74) is 0.139. The number of ether oxygens (including phenoxy) is 1. The number of amides is 2. The summed E-state index contributed by atoms with van der Waals surface area (Å²) in [6.07, 6.45) is 3.08. The fourth-order valence-corrected chi connectivity index (χ4v) is 3.37. The Morgan fingerprint density at radius 2 is 1.86 bits per heavy atom. The van der Waals surface area contributed by atoms with Crippen molar-refractivity contribution in [2.45, 2.75) is 45.6 Å². The molecule has 9 heteroatoms. The average molecular weight is 405 g/mol. The molecule has 1 aliphatic rings. The fraction of sp³-hybridized carbons (Fsp3) is 0.550. The predicted molar refractivity (Wildman–Crippen MR) is 105 cm³/mol. The molecule has 29 heavy (non-hydrogen) atoms. The lowest BCUT2D eigenvalue weighted by Gasteiger charge is -2.34. The smallest absolute Gasteiger partial charge is 0.308 e. The Balaban J connectivity index is 1.65. The molecule has 3 atom stereocenters. The third-order valence-electron chi connectivity index (χ3n) is 5.37. The molecule has 1 aromatic rings. The van der Waals surface area contributed by atoms with E-state index in [4.69, 9.17) is 4.74 Å². The quantitative estimate of drug-likeness (QED) is 0.388. The first-order valence-electron chi connectivity index (χ1n) is 9.75. The second-order valence-electron chi connectivity index (χ2n) is 7.41. The van der Waals surface area contributed by atoms with E-state index in [9.17, 15) is 24.5 Å². The Morgan fingerprint density at radius 3 is 2.52 bits per heavy atom. The van der Waals surface area contributed by atoms with E-state index in [-0.39, 0.29) is 42.8 Å². The molecule has 9 nitrogen and oxygen atoms in total. The molecule has 1 fully saturated rings. The Labute approximate surface area is 169 Å². The number of hydrogen-bond acceptors (Lipinski definition) is 6. The lowest BCUT2D eigenvalue weighted by molar-refractivity contribution is -0.384. The zero-order valence-electron chi connectivity index (χ0n) is 16.7. The molecule has 1 aromatic carbocycles. The van der Waals surface area contributed by atoms with Gasteiger partial charge in [0, 0.05) is 30.3 Å². The highest BCUT2D eigenvalue weighted by molar-refractivity contribution is 5.94. The topological polar surface area (TPSA) is 128 Å². The lowest BCUT2D eigenvalue weighted by Crippen LogP contribution is -2.45. The number of rotatable bonds is 8. The van der Waals surface area contributed by atoms with Crippen molar-refractivity contribution in [3.05, 3.63) is 39.9 Å². The maximum atomic E-state index is 12.0. The van der Waals surface area contributed by atoms with E-state index in [0.717, 1.165) is 19.3 Å². The number of esters is 1. The molecule has 0 bridgehead atoms. The van der Waals surface area contributed by atoms with E-state index in [2.05, 4.69) is 24.5 Å². The highest BCUT2D eigenvalue weighted by atomic mass is 16.6. The fourth-order valence-electron chi connectivity index (χ4n) is 3.37. The minimum atomic E-state index is -0.589. The highest BCUT2D eigenvalue weighted by Gasteiger charge is 2.28. The zero-order chi connectivity index (χ0) is 21.4. The summed E-state index contributed by atoms with van der Waals surface area (Å²) in [5, 5.41) is 16.1. The van der Waals surface area contributed by atoms with E-state index in [1.54, 1.807) is 0 Å².